The van der Waals surface area contributed by atoms with Crippen LogP contribution in [0.15, 0.2) is 17.0 Å². The molecule has 1 fully saturated rings. The van der Waals surface area contributed by atoms with Gasteiger partial charge < -0.3 is 14.6 Å². The molecule has 1 N–H and O–H groups in total. The Bertz CT molecular complexity index is 300. The Hall–Kier alpha value is -0.870. The van der Waals surface area contributed by atoms with E-state index in [0.29, 0.717) is 0 Å². The van der Waals surface area contributed by atoms with Crippen molar-refractivity contribution in [3.63, 3.8) is 0 Å². The van der Waals surface area contributed by atoms with E-state index in [0.717, 1.165) is 24.9 Å². The fourth-order valence-electron chi connectivity index (χ4n) is 2.44. The predicted octanol–water partition coefficient (Wildman–Crippen LogP) is 2.03. The third kappa shape index (κ3) is 4.13. The quantitative estimate of drug-likeness (QED) is 0.769. The highest BCUT2D eigenvalue weighted by Crippen LogP contribution is 2.15. The molecule has 17 heavy (non-hydrogen) atoms. The molecular formula is C13H23N3O. The van der Waals surface area contributed by atoms with E-state index < -0.39 is 0 Å². The van der Waals surface area contributed by atoms with Crippen molar-refractivity contribution in [2.75, 3.05) is 19.6 Å². The van der Waals surface area contributed by atoms with Gasteiger partial charge in [-0.05, 0) is 45.8 Å². The summed E-state index contributed by atoms with van der Waals surface area (Å²) in [5.41, 5.74) is 0. The van der Waals surface area contributed by atoms with Crippen LogP contribution < -0.4 is 5.32 Å². The monoisotopic (exact) mass is 237 g/mol. The van der Waals surface area contributed by atoms with Gasteiger partial charge in [-0.15, -0.1) is 0 Å². The fraction of sp³-hybridized carbons (Fsp3) is 0.769. The number of hydrogen-bond acceptors (Lipinski definition) is 4. The minimum Gasteiger partial charge on any atom is -0.447 e. The SMILES string of the molecule is CC1CCCCN1CCCNCc1cnco1. The lowest BCUT2D eigenvalue weighted by atomic mass is 10.0. The van der Waals surface area contributed by atoms with Crippen LogP contribution in [0, 0.1) is 0 Å². The number of nitrogens with zero attached hydrogens (tertiary/aromatic N) is 2. The summed E-state index contributed by atoms with van der Waals surface area (Å²) >= 11 is 0. The number of aromatic nitrogens is 1. The lowest BCUT2D eigenvalue weighted by molar-refractivity contribution is 0.159. The molecule has 0 spiro atoms. The fourth-order valence-corrected chi connectivity index (χ4v) is 2.44. The molecule has 0 amide bonds. The molecule has 0 radical (unpaired) electrons. The van der Waals surface area contributed by atoms with Crippen LogP contribution in [-0.4, -0.2) is 35.6 Å². The second kappa shape index (κ2) is 6.77. The van der Waals surface area contributed by atoms with Crippen molar-refractivity contribution in [2.24, 2.45) is 0 Å². The van der Waals surface area contributed by atoms with Gasteiger partial charge in [0.25, 0.3) is 0 Å². The van der Waals surface area contributed by atoms with Gasteiger partial charge in [-0.2, -0.15) is 0 Å². The van der Waals surface area contributed by atoms with Crippen LogP contribution >= 0.6 is 0 Å². The number of rotatable bonds is 6. The topological polar surface area (TPSA) is 41.3 Å². The summed E-state index contributed by atoms with van der Waals surface area (Å²) in [4.78, 5) is 6.50. The van der Waals surface area contributed by atoms with E-state index in [-0.39, 0.29) is 0 Å². The molecule has 1 aromatic heterocycles. The average molecular weight is 237 g/mol. The van der Waals surface area contributed by atoms with Crippen molar-refractivity contribution in [3.05, 3.63) is 18.4 Å². The predicted molar refractivity (Wildman–Crippen MR) is 67.7 cm³/mol. The Kier molecular flexibility index (Phi) is 5.01. The van der Waals surface area contributed by atoms with Crippen LogP contribution in [0.25, 0.3) is 0 Å². The summed E-state index contributed by atoms with van der Waals surface area (Å²) in [6.45, 7) is 6.68. The number of oxazole rings is 1. The third-order valence-electron chi connectivity index (χ3n) is 3.52. The van der Waals surface area contributed by atoms with Gasteiger partial charge in [0.05, 0.1) is 12.7 Å². The third-order valence-corrected chi connectivity index (χ3v) is 3.52. The molecule has 1 saturated heterocycles. The standard InChI is InChI=1S/C13H23N3O/c1-12-5-2-3-7-16(12)8-4-6-14-9-13-10-15-11-17-13/h10-12,14H,2-9H2,1H3. The zero-order valence-corrected chi connectivity index (χ0v) is 10.7. The van der Waals surface area contributed by atoms with E-state index in [2.05, 4.69) is 22.1 Å². The summed E-state index contributed by atoms with van der Waals surface area (Å²) in [7, 11) is 0. The maximum atomic E-state index is 5.16. The van der Waals surface area contributed by atoms with Crippen LogP contribution in [-0.2, 0) is 6.54 Å². The summed E-state index contributed by atoms with van der Waals surface area (Å²) in [5.74, 6) is 0.913. The van der Waals surface area contributed by atoms with Gasteiger partial charge in [-0.25, -0.2) is 4.98 Å². The van der Waals surface area contributed by atoms with E-state index in [4.69, 9.17) is 4.42 Å². The van der Waals surface area contributed by atoms with Crippen molar-refractivity contribution >= 4 is 0 Å². The van der Waals surface area contributed by atoms with Crippen LogP contribution in [0.1, 0.15) is 38.4 Å². The van der Waals surface area contributed by atoms with Crippen LogP contribution in [0.3, 0.4) is 0 Å². The van der Waals surface area contributed by atoms with Gasteiger partial charge in [0, 0.05) is 6.04 Å². The van der Waals surface area contributed by atoms with Gasteiger partial charge in [0.15, 0.2) is 6.39 Å². The van der Waals surface area contributed by atoms with E-state index in [9.17, 15) is 0 Å². The van der Waals surface area contributed by atoms with Crippen LogP contribution in [0.5, 0.6) is 0 Å². The zero-order chi connectivity index (χ0) is 11.9. The molecule has 2 rings (SSSR count). The molecule has 1 aromatic rings. The maximum absolute atomic E-state index is 5.16. The first kappa shape index (κ1) is 12.6. The van der Waals surface area contributed by atoms with Gasteiger partial charge in [-0.3, -0.25) is 0 Å². The minimum atomic E-state index is 0.776. The Morgan fingerprint density at radius 2 is 2.47 bits per heavy atom. The molecule has 4 heteroatoms. The molecule has 1 aliphatic heterocycles. The smallest absolute Gasteiger partial charge is 0.180 e. The van der Waals surface area contributed by atoms with Crippen molar-refractivity contribution in [1.82, 2.24) is 15.2 Å². The molecule has 1 aliphatic rings. The van der Waals surface area contributed by atoms with Crippen LogP contribution in [0.4, 0.5) is 0 Å². The van der Waals surface area contributed by atoms with Gasteiger partial charge in [0.1, 0.15) is 5.76 Å². The molecular weight excluding hydrogens is 214 g/mol. The molecule has 0 aromatic carbocycles. The molecule has 1 atom stereocenters. The summed E-state index contributed by atoms with van der Waals surface area (Å²) in [6.07, 6.45) is 8.59. The summed E-state index contributed by atoms with van der Waals surface area (Å²) in [6, 6.07) is 0.776. The van der Waals surface area contributed by atoms with E-state index in [1.165, 1.54) is 45.2 Å². The Morgan fingerprint density at radius 3 is 3.24 bits per heavy atom. The lowest BCUT2D eigenvalue weighted by Crippen LogP contribution is -2.38. The van der Waals surface area contributed by atoms with E-state index in [1.54, 1.807) is 6.20 Å². The Balaban J connectivity index is 1.53. The Morgan fingerprint density at radius 1 is 1.53 bits per heavy atom. The molecule has 0 bridgehead atoms. The zero-order valence-electron chi connectivity index (χ0n) is 10.7. The number of likely N-dealkylation sites (tertiary alicyclic amines) is 1. The molecule has 4 nitrogen and oxygen atoms in total. The first-order chi connectivity index (χ1) is 8.36. The normalized spacial score (nSPS) is 21.8. The average Bonchev–Trinajstić information content (AvgIpc) is 2.84. The number of piperidine rings is 1. The number of hydrogen-bond donors (Lipinski definition) is 1. The summed E-state index contributed by atoms with van der Waals surface area (Å²) in [5, 5.41) is 3.38. The van der Waals surface area contributed by atoms with Gasteiger partial charge >= 0.3 is 0 Å². The largest absolute Gasteiger partial charge is 0.447 e. The van der Waals surface area contributed by atoms with Gasteiger partial charge in [-0.1, -0.05) is 6.42 Å². The highest BCUT2D eigenvalue weighted by atomic mass is 16.3. The molecule has 2 heterocycles. The first-order valence-electron chi connectivity index (χ1n) is 6.68. The lowest BCUT2D eigenvalue weighted by Gasteiger charge is -2.33. The maximum Gasteiger partial charge on any atom is 0.180 e. The van der Waals surface area contributed by atoms with Gasteiger partial charge in [0.2, 0.25) is 0 Å². The van der Waals surface area contributed by atoms with Crippen LogP contribution in [0.2, 0.25) is 0 Å². The van der Waals surface area contributed by atoms with Crippen molar-refractivity contribution in [2.45, 2.75) is 45.2 Å². The first-order valence-corrected chi connectivity index (χ1v) is 6.68. The minimum absolute atomic E-state index is 0.776. The van der Waals surface area contributed by atoms with Crippen molar-refractivity contribution < 1.29 is 4.42 Å². The Labute approximate surface area is 103 Å². The highest BCUT2D eigenvalue weighted by molar-refractivity contribution is 4.86. The van der Waals surface area contributed by atoms with E-state index in [1.807, 2.05) is 0 Å². The molecule has 0 aliphatic carbocycles. The second-order valence-corrected chi connectivity index (χ2v) is 4.88. The summed E-state index contributed by atoms with van der Waals surface area (Å²) < 4.78 is 5.16. The number of nitrogens with one attached hydrogen (secondary N) is 1. The highest BCUT2D eigenvalue weighted by Gasteiger charge is 2.16. The molecule has 96 valence electrons. The van der Waals surface area contributed by atoms with E-state index >= 15 is 0 Å². The van der Waals surface area contributed by atoms with Crippen molar-refractivity contribution in [3.8, 4) is 0 Å². The molecule has 1 unspecified atom stereocenters. The molecule has 0 saturated carbocycles. The second-order valence-electron chi connectivity index (χ2n) is 4.88. The van der Waals surface area contributed by atoms with Crippen molar-refractivity contribution in [1.29, 1.82) is 0 Å².